The van der Waals surface area contributed by atoms with E-state index in [2.05, 4.69) is 49.3 Å². The van der Waals surface area contributed by atoms with Gasteiger partial charge in [-0.05, 0) is 23.6 Å². The smallest absolute Gasteiger partial charge is 0.0646 e. The maximum atomic E-state index is 4.12. The highest BCUT2D eigenvalue weighted by molar-refractivity contribution is 5.34. The van der Waals surface area contributed by atoms with Crippen LogP contribution in [-0.4, -0.2) is 9.78 Å². The van der Waals surface area contributed by atoms with Gasteiger partial charge in [0.15, 0.2) is 0 Å². The molecular weight excluding hydrogens is 172 g/mol. The standard InChI is InChI=1S/C12H13N2/c1-10(2)11-4-6-12(7-5-11)14-9-3-8-13-14/h4-10H,1-2H3. The molecule has 1 radical (unpaired) electrons. The molecular formula is C12H13N2. The van der Waals surface area contributed by atoms with E-state index in [1.54, 1.807) is 6.20 Å². The molecule has 1 heterocycles. The summed E-state index contributed by atoms with van der Waals surface area (Å²) in [5.41, 5.74) is 2.43. The lowest BCUT2D eigenvalue weighted by Gasteiger charge is -2.06. The molecule has 0 spiro atoms. The Kier molecular flexibility index (Phi) is 2.35. The Hall–Kier alpha value is -1.57. The molecule has 0 aliphatic rings. The van der Waals surface area contributed by atoms with Gasteiger partial charge in [-0.3, -0.25) is 0 Å². The van der Waals surface area contributed by atoms with Gasteiger partial charge in [-0.25, -0.2) is 4.68 Å². The van der Waals surface area contributed by atoms with Crippen LogP contribution >= 0.6 is 0 Å². The Morgan fingerprint density at radius 2 is 1.93 bits per heavy atom. The van der Waals surface area contributed by atoms with Crippen molar-refractivity contribution >= 4 is 0 Å². The predicted octanol–water partition coefficient (Wildman–Crippen LogP) is 2.80. The topological polar surface area (TPSA) is 17.8 Å². The van der Waals surface area contributed by atoms with Gasteiger partial charge < -0.3 is 0 Å². The quantitative estimate of drug-likeness (QED) is 0.703. The minimum Gasteiger partial charge on any atom is -0.240 e. The number of hydrogen-bond acceptors (Lipinski definition) is 1. The van der Waals surface area contributed by atoms with Crippen molar-refractivity contribution in [2.24, 2.45) is 0 Å². The van der Waals surface area contributed by atoms with Crippen LogP contribution in [0.4, 0.5) is 0 Å². The van der Waals surface area contributed by atoms with Gasteiger partial charge in [0.2, 0.25) is 0 Å². The highest BCUT2D eigenvalue weighted by Gasteiger charge is 1.99. The van der Waals surface area contributed by atoms with Crippen molar-refractivity contribution in [2.75, 3.05) is 0 Å². The van der Waals surface area contributed by atoms with Crippen LogP contribution in [0.3, 0.4) is 0 Å². The highest BCUT2D eigenvalue weighted by Crippen LogP contribution is 2.16. The van der Waals surface area contributed by atoms with Gasteiger partial charge >= 0.3 is 0 Å². The molecule has 2 heteroatoms. The molecule has 0 aliphatic carbocycles. The third-order valence-electron chi connectivity index (χ3n) is 2.28. The zero-order valence-electron chi connectivity index (χ0n) is 8.44. The van der Waals surface area contributed by atoms with Crippen molar-refractivity contribution in [3.63, 3.8) is 0 Å². The summed E-state index contributed by atoms with van der Waals surface area (Å²) in [6.45, 7) is 4.38. The number of rotatable bonds is 2. The highest BCUT2D eigenvalue weighted by atomic mass is 15.3. The van der Waals surface area contributed by atoms with Crippen LogP contribution in [0.2, 0.25) is 0 Å². The summed E-state index contributed by atoms with van der Waals surface area (Å²) < 4.78 is 1.81. The van der Waals surface area contributed by atoms with Crippen LogP contribution in [0.1, 0.15) is 25.3 Å². The Balaban J connectivity index is 2.31. The first kappa shape index (κ1) is 9.00. The van der Waals surface area contributed by atoms with E-state index in [0.717, 1.165) is 5.69 Å². The summed E-state index contributed by atoms with van der Waals surface area (Å²) in [5.74, 6) is 0.577. The third kappa shape index (κ3) is 1.69. The van der Waals surface area contributed by atoms with E-state index in [9.17, 15) is 0 Å². The van der Waals surface area contributed by atoms with Crippen molar-refractivity contribution in [3.05, 3.63) is 48.3 Å². The number of benzene rings is 1. The Labute approximate surface area is 84.2 Å². The number of hydrogen-bond donors (Lipinski definition) is 0. The lowest BCUT2D eigenvalue weighted by atomic mass is 10.0. The zero-order chi connectivity index (χ0) is 9.97. The summed E-state index contributed by atoms with van der Waals surface area (Å²) in [7, 11) is 0. The molecule has 1 aromatic heterocycles. The minimum atomic E-state index is 0.577. The lowest BCUT2D eigenvalue weighted by Crippen LogP contribution is -1.94. The number of nitrogens with zero attached hydrogens (tertiary/aromatic N) is 2. The monoisotopic (exact) mass is 185 g/mol. The summed E-state index contributed by atoms with van der Waals surface area (Å²) in [6.07, 6.45) is 3.49. The summed E-state index contributed by atoms with van der Waals surface area (Å²) >= 11 is 0. The maximum absolute atomic E-state index is 4.12. The average molecular weight is 185 g/mol. The molecule has 0 aliphatic heterocycles. The largest absolute Gasteiger partial charge is 0.240 e. The van der Waals surface area contributed by atoms with Crippen molar-refractivity contribution in [1.29, 1.82) is 0 Å². The molecule has 0 atom stereocenters. The van der Waals surface area contributed by atoms with Gasteiger partial charge in [-0.1, -0.05) is 26.0 Å². The van der Waals surface area contributed by atoms with E-state index in [0.29, 0.717) is 5.92 Å². The van der Waals surface area contributed by atoms with E-state index < -0.39 is 0 Å². The van der Waals surface area contributed by atoms with Crippen molar-refractivity contribution in [3.8, 4) is 5.69 Å². The molecule has 0 bridgehead atoms. The van der Waals surface area contributed by atoms with E-state index in [1.165, 1.54) is 5.56 Å². The molecule has 2 rings (SSSR count). The normalized spacial score (nSPS) is 10.8. The second kappa shape index (κ2) is 3.66. The molecule has 71 valence electrons. The first-order valence-electron chi connectivity index (χ1n) is 4.78. The van der Waals surface area contributed by atoms with Crippen LogP contribution in [0.25, 0.3) is 5.69 Å². The zero-order valence-corrected chi connectivity index (χ0v) is 8.44. The SMILES string of the molecule is CC(C)c1ccc(-n2c[c]cn2)cc1. The van der Waals surface area contributed by atoms with Crippen molar-refractivity contribution in [1.82, 2.24) is 9.78 Å². The minimum absolute atomic E-state index is 0.577. The van der Waals surface area contributed by atoms with Crippen LogP contribution in [0, 0.1) is 6.07 Å². The van der Waals surface area contributed by atoms with Gasteiger partial charge in [-0.2, -0.15) is 5.10 Å². The van der Waals surface area contributed by atoms with E-state index in [-0.39, 0.29) is 0 Å². The summed E-state index contributed by atoms with van der Waals surface area (Å²) in [4.78, 5) is 0. The molecule has 0 saturated heterocycles. The third-order valence-corrected chi connectivity index (χ3v) is 2.28. The Morgan fingerprint density at radius 1 is 1.21 bits per heavy atom. The fraction of sp³-hybridized carbons (Fsp3) is 0.250. The predicted molar refractivity (Wildman–Crippen MR) is 56.5 cm³/mol. The van der Waals surface area contributed by atoms with E-state index in [4.69, 9.17) is 0 Å². The van der Waals surface area contributed by atoms with Crippen LogP contribution in [0.5, 0.6) is 0 Å². The first-order valence-corrected chi connectivity index (χ1v) is 4.78. The second-order valence-corrected chi connectivity index (χ2v) is 3.63. The molecule has 2 nitrogen and oxygen atoms in total. The van der Waals surface area contributed by atoms with E-state index in [1.807, 2.05) is 10.9 Å². The van der Waals surface area contributed by atoms with Gasteiger partial charge in [0.05, 0.1) is 11.9 Å². The fourth-order valence-electron chi connectivity index (χ4n) is 1.39. The van der Waals surface area contributed by atoms with Crippen LogP contribution in [-0.2, 0) is 0 Å². The van der Waals surface area contributed by atoms with Gasteiger partial charge in [0.1, 0.15) is 0 Å². The summed E-state index contributed by atoms with van der Waals surface area (Å²) in [6, 6.07) is 11.4. The fourth-order valence-corrected chi connectivity index (χ4v) is 1.39. The van der Waals surface area contributed by atoms with Gasteiger partial charge in [0.25, 0.3) is 0 Å². The Morgan fingerprint density at radius 3 is 2.43 bits per heavy atom. The van der Waals surface area contributed by atoms with E-state index >= 15 is 0 Å². The molecule has 0 N–H and O–H groups in total. The van der Waals surface area contributed by atoms with Gasteiger partial charge in [-0.15, -0.1) is 0 Å². The number of aromatic nitrogens is 2. The molecule has 0 saturated carbocycles. The molecule has 0 amide bonds. The molecule has 0 fully saturated rings. The molecule has 0 unspecified atom stereocenters. The lowest BCUT2D eigenvalue weighted by molar-refractivity contribution is 0.853. The van der Waals surface area contributed by atoms with Crippen LogP contribution < -0.4 is 0 Å². The van der Waals surface area contributed by atoms with Crippen molar-refractivity contribution in [2.45, 2.75) is 19.8 Å². The van der Waals surface area contributed by atoms with Crippen molar-refractivity contribution < 1.29 is 0 Å². The Bertz CT molecular complexity index is 385. The first-order chi connectivity index (χ1) is 6.77. The second-order valence-electron chi connectivity index (χ2n) is 3.63. The van der Waals surface area contributed by atoms with Crippen LogP contribution in [0.15, 0.2) is 36.7 Å². The molecule has 1 aromatic carbocycles. The average Bonchev–Trinajstić information content (AvgIpc) is 2.71. The molecule has 14 heavy (non-hydrogen) atoms. The maximum Gasteiger partial charge on any atom is 0.0646 e. The summed E-state index contributed by atoms with van der Waals surface area (Å²) in [5, 5.41) is 4.12. The van der Waals surface area contributed by atoms with Gasteiger partial charge in [0, 0.05) is 12.3 Å². The molecule has 2 aromatic rings.